The summed E-state index contributed by atoms with van der Waals surface area (Å²) in [6.07, 6.45) is 5.61. The van der Waals surface area contributed by atoms with Gasteiger partial charge in [0.1, 0.15) is 0 Å². The van der Waals surface area contributed by atoms with Crippen LogP contribution in [0.4, 0.5) is 5.69 Å². The maximum Gasteiger partial charge on any atom is 0.0927 e. The van der Waals surface area contributed by atoms with Gasteiger partial charge < -0.3 is 5.32 Å². The van der Waals surface area contributed by atoms with Crippen LogP contribution in [0, 0.1) is 12.3 Å². The van der Waals surface area contributed by atoms with Crippen molar-refractivity contribution < 1.29 is 0 Å². The second-order valence-electron chi connectivity index (χ2n) is 5.42. The Hall–Kier alpha value is -2.53. The molecule has 0 fully saturated rings. The Kier molecular flexibility index (Phi) is 2.84. The SMILES string of the molecule is C#CC(C)(C)Nc1c2ccccc2nc2ccccc12. The third-order valence-corrected chi connectivity index (χ3v) is 3.39. The fraction of sp³-hybridized carbons (Fsp3) is 0.167. The molecule has 0 saturated heterocycles. The molecule has 2 aromatic carbocycles. The molecule has 3 aromatic rings. The zero-order valence-corrected chi connectivity index (χ0v) is 11.6. The van der Waals surface area contributed by atoms with Gasteiger partial charge in [0.25, 0.3) is 0 Å². The van der Waals surface area contributed by atoms with Crippen molar-refractivity contribution in [2.24, 2.45) is 0 Å². The summed E-state index contributed by atoms with van der Waals surface area (Å²) < 4.78 is 0. The fourth-order valence-electron chi connectivity index (χ4n) is 2.32. The normalized spacial score (nSPS) is 11.4. The lowest BCUT2D eigenvalue weighted by atomic mass is 10.0. The van der Waals surface area contributed by atoms with Crippen molar-refractivity contribution in [1.82, 2.24) is 4.98 Å². The summed E-state index contributed by atoms with van der Waals surface area (Å²) in [7, 11) is 0. The van der Waals surface area contributed by atoms with Crippen molar-refractivity contribution >= 4 is 27.5 Å². The van der Waals surface area contributed by atoms with E-state index in [0.29, 0.717) is 0 Å². The number of anilines is 1. The lowest BCUT2D eigenvalue weighted by Crippen LogP contribution is -2.28. The number of pyridine rings is 1. The van der Waals surface area contributed by atoms with E-state index in [1.54, 1.807) is 0 Å². The van der Waals surface area contributed by atoms with Gasteiger partial charge in [0.05, 0.1) is 22.3 Å². The van der Waals surface area contributed by atoms with Crippen LogP contribution in [0.2, 0.25) is 0 Å². The lowest BCUT2D eigenvalue weighted by Gasteiger charge is -2.23. The van der Waals surface area contributed by atoms with E-state index in [1.807, 2.05) is 50.2 Å². The second-order valence-corrected chi connectivity index (χ2v) is 5.42. The van der Waals surface area contributed by atoms with Crippen LogP contribution >= 0.6 is 0 Å². The first kappa shape index (κ1) is 12.5. The minimum atomic E-state index is -0.410. The minimum absolute atomic E-state index is 0.410. The van der Waals surface area contributed by atoms with Crippen molar-refractivity contribution in [3.05, 3.63) is 48.5 Å². The number of fused-ring (bicyclic) bond motifs is 2. The third-order valence-electron chi connectivity index (χ3n) is 3.39. The number of nitrogens with one attached hydrogen (secondary N) is 1. The Labute approximate surface area is 118 Å². The monoisotopic (exact) mass is 260 g/mol. The number of benzene rings is 2. The van der Waals surface area contributed by atoms with Gasteiger partial charge in [-0.15, -0.1) is 6.42 Å². The minimum Gasteiger partial charge on any atom is -0.368 e. The molecule has 0 bridgehead atoms. The molecular weight excluding hydrogens is 244 g/mol. The maximum atomic E-state index is 5.61. The van der Waals surface area contributed by atoms with E-state index in [2.05, 4.69) is 23.4 Å². The number of hydrogen-bond acceptors (Lipinski definition) is 2. The molecule has 0 saturated carbocycles. The molecule has 0 aliphatic heterocycles. The second kappa shape index (κ2) is 4.54. The number of rotatable bonds is 2. The highest BCUT2D eigenvalue weighted by molar-refractivity contribution is 6.07. The number of aromatic nitrogens is 1. The standard InChI is InChI=1S/C18H16N2/c1-4-18(2,3)20-17-13-9-5-7-11-15(13)19-16-12-8-6-10-14(16)17/h1,5-12H,2-3H3,(H,19,20). The summed E-state index contributed by atoms with van der Waals surface area (Å²) >= 11 is 0. The number of hydrogen-bond donors (Lipinski definition) is 1. The van der Waals surface area contributed by atoms with E-state index in [4.69, 9.17) is 11.4 Å². The molecule has 3 rings (SSSR count). The smallest absolute Gasteiger partial charge is 0.0927 e. The van der Waals surface area contributed by atoms with Crippen LogP contribution in [0.1, 0.15) is 13.8 Å². The molecule has 2 heteroatoms. The van der Waals surface area contributed by atoms with Crippen molar-refractivity contribution in [1.29, 1.82) is 0 Å². The maximum absolute atomic E-state index is 5.61. The summed E-state index contributed by atoms with van der Waals surface area (Å²) in [5.74, 6) is 2.79. The van der Waals surface area contributed by atoms with Gasteiger partial charge in [-0.2, -0.15) is 0 Å². The average Bonchev–Trinajstić information content (AvgIpc) is 2.47. The van der Waals surface area contributed by atoms with Gasteiger partial charge in [0, 0.05) is 10.8 Å². The quantitative estimate of drug-likeness (QED) is 0.551. The first-order valence-electron chi connectivity index (χ1n) is 6.64. The summed E-state index contributed by atoms with van der Waals surface area (Å²) in [5.41, 5.74) is 2.59. The number of para-hydroxylation sites is 2. The van der Waals surface area contributed by atoms with Gasteiger partial charge in [-0.3, -0.25) is 0 Å². The Balaban J connectivity index is 2.37. The van der Waals surface area contributed by atoms with Gasteiger partial charge in [0.15, 0.2) is 0 Å². The van der Waals surface area contributed by atoms with Gasteiger partial charge >= 0.3 is 0 Å². The van der Waals surface area contributed by atoms with Gasteiger partial charge in [-0.25, -0.2) is 4.98 Å². The van der Waals surface area contributed by atoms with Crippen molar-refractivity contribution in [3.8, 4) is 12.3 Å². The summed E-state index contributed by atoms with van der Waals surface area (Å²) in [6.45, 7) is 3.99. The highest BCUT2D eigenvalue weighted by Crippen LogP contribution is 2.32. The van der Waals surface area contributed by atoms with E-state index in [0.717, 1.165) is 27.5 Å². The van der Waals surface area contributed by atoms with E-state index >= 15 is 0 Å². The summed E-state index contributed by atoms with van der Waals surface area (Å²) in [5, 5.41) is 5.66. The van der Waals surface area contributed by atoms with Crippen LogP contribution in [0.25, 0.3) is 21.8 Å². The first-order chi connectivity index (χ1) is 9.61. The summed E-state index contributed by atoms with van der Waals surface area (Å²) in [4.78, 5) is 4.70. The van der Waals surface area contributed by atoms with Crippen molar-refractivity contribution in [3.63, 3.8) is 0 Å². The fourth-order valence-corrected chi connectivity index (χ4v) is 2.32. The van der Waals surface area contributed by atoms with Crippen LogP contribution in [0.5, 0.6) is 0 Å². The van der Waals surface area contributed by atoms with Crippen LogP contribution in [0.15, 0.2) is 48.5 Å². The Morgan fingerprint density at radius 3 is 1.95 bits per heavy atom. The molecule has 0 aliphatic carbocycles. The predicted octanol–water partition coefficient (Wildman–Crippen LogP) is 4.21. The zero-order chi connectivity index (χ0) is 14.2. The Morgan fingerprint density at radius 1 is 0.950 bits per heavy atom. The van der Waals surface area contributed by atoms with Crippen molar-refractivity contribution in [2.75, 3.05) is 5.32 Å². The van der Waals surface area contributed by atoms with E-state index in [9.17, 15) is 0 Å². The predicted molar refractivity (Wildman–Crippen MR) is 85.8 cm³/mol. The van der Waals surface area contributed by atoms with Crippen molar-refractivity contribution in [2.45, 2.75) is 19.4 Å². The Bertz CT molecular complexity index is 772. The zero-order valence-electron chi connectivity index (χ0n) is 11.6. The topological polar surface area (TPSA) is 24.9 Å². The van der Waals surface area contributed by atoms with Gasteiger partial charge in [-0.1, -0.05) is 42.3 Å². The molecule has 20 heavy (non-hydrogen) atoms. The van der Waals surface area contributed by atoms with E-state index in [-0.39, 0.29) is 0 Å². The highest BCUT2D eigenvalue weighted by atomic mass is 15.0. The van der Waals surface area contributed by atoms with E-state index < -0.39 is 5.54 Å². The molecule has 0 radical (unpaired) electrons. The third kappa shape index (κ3) is 2.08. The van der Waals surface area contributed by atoms with Crippen LogP contribution < -0.4 is 5.32 Å². The van der Waals surface area contributed by atoms with Gasteiger partial charge in [0.2, 0.25) is 0 Å². The van der Waals surface area contributed by atoms with Crippen LogP contribution in [-0.4, -0.2) is 10.5 Å². The molecular formula is C18H16N2. The van der Waals surface area contributed by atoms with Crippen LogP contribution in [-0.2, 0) is 0 Å². The summed E-state index contributed by atoms with van der Waals surface area (Å²) in [6, 6.07) is 16.2. The molecule has 98 valence electrons. The average molecular weight is 260 g/mol. The highest BCUT2D eigenvalue weighted by Gasteiger charge is 2.17. The molecule has 0 atom stereocenters. The molecule has 1 aromatic heterocycles. The largest absolute Gasteiger partial charge is 0.368 e. The molecule has 1 heterocycles. The molecule has 0 unspecified atom stereocenters. The van der Waals surface area contributed by atoms with Gasteiger partial charge in [-0.05, 0) is 26.0 Å². The van der Waals surface area contributed by atoms with Crippen LogP contribution in [0.3, 0.4) is 0 Å². The Morgan fingerprint density at radius 2 is 1.45 bits per heavy atom. The molecule has 1 N–H and O–H groups in total. The molecule has 0 amide bonds. The number of terminal acetylenes is 1. The lowest BCUT2D eigenvalue weighted by molar-refractivity contribution is 0.744. The number of nitrogens with zero attached hydrogens (tertiary/aromatic N) is 1. The molecule has 2 nitrogen and oxygen atoms in total. The van der Waals surface area contributed by atoms with E-state index in [1.165, 1.54) is 0 Å². The molecule has 0 aliphatic rings. The first-order valence-corrected chi connectivity index (χ1v) is 6.64. The molecule has 0 spiro atoms.